The van der Waals surface area contributed by atoms with Crippen LogP contribution in [-0.4, -0.2) is 47.1 Å². The molecule has 35 heavy (non-hydrogen) atoms. The lowest BCUT2D eigenvalue weighted by Gasteiger charge is -2.18. The van der Waals surface area contributed by atoms with Crippen LogP contribution in [-0.2, 0) is 17.9 Å². The van der Waals surface area contributed by atoms with Gasteiger partial charge in [-0.1, -0.05) is 46.9 Å². The van der Waals surface area contributed by atoms with Crippen molar-refractivity contribution in [2.45, 2.75) is 29.2 Å². The molecular formula is C21H18Cl3F2IN4O4. The van der Waals surface area contributed by atoms with Gasteiger partial charge >= 0.3 is 9.62 Å². The van der Waals surface area contributed by atoms with Gasteiger partial charge in [-0.3, -0.25) is 9.36 Å². The van der Waals surface area contributed by atoms with Gasteiger partial charge < -0.3 is 15.5 Å². The van der Waals surface area contributed by atoms with Crippen molar-refractivity contribution < 1.29 is 23.8 Å². The SMILES string of the molecule is O=C(Cn1nc(-c2ccc(Cl)cc2)n(C[C@H](O)C(F)(F)I)c1=O)NC(CO)c1cccc(Cl)c1Cl. The minimum Gasteiger partial charge on any atom is -0.394 e. The number of nitrogens with zero attached hydrogens (tertiary/aromatic N) is 3. The third-order valence-corrected chi connectivity index (χ3v) is 6.73. The highest BCUT2D eigenvalue weighted by molar-refractivity contribution is 14.1. The topological polar surface area (TPSA) is 109 Å². The van der Waals surface area contributed by atoms with E-state index < -0.39 is 47.4 Å². The minimum absolute atomic E-state index is 0.0456. The van der Waals surface area contributed by atoms with Crippen LogP contribution in [0.5, 0.6) is 0 Å². The van der Waals surface area contributed by atoms with Crippen molar-refractivity contribution in [3.05, 3.63) is 73.6 Å². The molecule has 0 saturated heterocycles. The van der Waals surface area contributed by atoms with E-state index in [4.69, 9.17) is 34.8 Å². The largest absolute Gasteiger partial charge is 0.394 e. The highest BCUT2D eigenvalue weighted by Gasteiger charge is 2.36. The fraction of sp³-hybridized carbons (Fsp3) is 0.286. The molecule has 0 spiro atoms. The van der Waals surface area contributed by atoms with Crippen LogP contribution in [0.4, 0.5) is 8.78 Å². The Kier molecular flexibility index (Phi) is 9.16. The number of carbonyl (C=O) groups excluding carboxylic acids is 1. The highest BCUT2D eigenvalue weighted by atomic mass is 127. The molecule has 0 bridgehead atoms. The van der Waals surface area contributed by atoms with Crippen molar-refractivity contribution in [2.24, 2.45) is 0 Å². The van der Waals surface area contributed by atoms with E-state index in [1.165, 1.54) is 24.3 Å². The van der Waals surface area contributed by atoms with E-state index in [2.05, 4.69) is 10.4 Å². The van der Waals surface area contributed by atoms with E-state index in [0.29, 0.717) is 16.1 Å². The third kappa shape index (κ3) is 6.71. The predicted molar refractivity (Wildman–Crippen MR) is 136 cm³/mol. The van der Waals surface area contributed by atoms with Gasteiger partial charge in [-0.25, -0.2) is 9.48 Å². The number of alkyl halides is 3. The Labute approximate surface area is 226 Å². The molecule has 14 heteroatoms. The lowest BCUT2D eigenvalue weighted by atomic mass is 10.1. The van der Waals surface area contributed by atoms with Gasteiger partial charge in [-0.05, 0) is 35.9 Å². The van der Waals surface area contributed by atoms with Crippen LogP contribution >= 0.6 is 57.4 Å². The number of aliphatic hydroxyl groups excluding tert-OH is 2. The number of halogens is 6. The Morgan fingerprint density at radius 3 is 2.43 bits per heavy atom. The van der Waals surface area contributed by atoms with Crippen molar-refractivity contribution in [1.29, 1.82) is 0 Å². The molecule has 3 N–H and O–H groups in total. The molecule has 2 aromatic carbocycles. The Morgan fingerprint density at radius 2 is 1.83 bits per heavy atom. The molecule has 1 amide bonds. The first-order chi connectivity index (χ1) is 16.4. The summed E-state index contributed by atoms with van der Waals surface area (Å²) in [5.74, 6) is -0.759. The van der Waals surface area contributed by atoms with Crippen molar-refractivity contribution in [1.82, 2.24) is 19.7 Å². The number of amides is 1. The Balaban J connectivity index is 1.91. The van der Waals surface area contributed by atoms with Gasteiger partial charge in [0.1, 0.15) is 12.6 Å². The van der Waals surface area contributed by atoms with E-state index in [1.807, 2.05) is 0 Å². The fourth-order valence-electron chi connectivity index (χ4n) is 3.18. The number of aromatic nitrogens is 3. The zero-order valence-electron chi connectivity index (χ0n) is 17.6. The van der Waals surface area contributed by atoms with Gasteiger partial charge in [0, 0.05) is 33.2 Å². The molecular weight excluding hydrogens is 644 g/mol. The summed E-state index contributed by atoms with van der Waals surface area (Å²) >= 11 is 18.8. The monoisotopic (exact) mass is 660 g/mol. The Hall–Kier alpha value is -1.77. The molecule has 1 heterocycles. The minimum atomic E-state index is -3.52. The standard InChI is InChI=1S/C21H18Cl3F2IN4O4/c22-12-6-4-11(5-7-12)19-29-31(20(35)30(19)8-16(33)21(25,26)27)9-17(34)28-15(10-32)13-2-1-3-14(23)18(13)24/h1-7,15-16,32-33H,8-10H2,(H,28,34)/t15?,16-/m0/s1. The summed E-state index contributed by atoms with van der Waals surface area (Å²) in [6, 6.07) is 9.84. The third-order valence-electron chi connectivity index (χ3n) is 4.93. The van der Waals surface area contributed by atoms with Crippen LogP contribution in [0.25, 0.3) is 11.4 Å². The number of rotatable bonds is 9. The van der Waals surface area contributed by atoms with Crippen molar-refractivity contribution in [2.75, 3.05) is 6.61 Å². The molecule has 188 valence electrons. The molecule has 0 aliphatic carbocycles. The summed E-state index contributed by atoms with van der Waals surface area (Å²) in [5.41, 5.74) is -0.179. The first-order valence-corrected chi connectivity index (χ1v) is 12.2. The summed E-state index contributed by atoms with van der Waals surface area (Å²) in [6.07, 6.45) is -2.19. The van der Waals surface area contributed by atoms with Crippen molar-refractivity contribution in [3.63, 3.8) is 0 Å². The van der Waals surface area contributed by atoms with Gasteiger partial charge in [-0.15, -0.1) is 5.10 Å². The van der Waals surface area contributed by atoms with E-state index >= 15 is 0 Å². The van der Waals surface area contributed by atoms with E-state index in [-0.39, 0.29) is 15.9 Å². The zero-order valence-corrected chi connectivity index (χ0v) is 22.1. The van der Waals surface area contributed by atoms with Gasteiger partial charge in [0.25, 0.3) is 0 Å². The Bertz CT molecular complexity index is 1260. The van der Waals surface area contributed by atoms with Gasteiger partial charge in [0.2, 0.25) is 5.91 Å². The molecule has 2 atom stereocenters. The smallest absolute Gasteiger partial charge is 0.346 e. The van der Waals surface area contributed by atoms with Crippen LogP contribution in [0.3, 0.4) is 0 Å². The second-order valence-corrected chi connectivity index (χ2v) is 10.0. The average molecular weight is 662 g/mol. The quantitative estimate of drug-likeness (QED) is 0.238. The maximum absolute atomic E-state index is 13.6. The number of aliphatic hydroxyl groups is 2. The molecule has 0 aliphatic heterocycles. The van der Waals surface area contributed by atoms with E-state index in [0.717, 1.165) is 31.8 Å². The van der Waals surface area contributed by atoms with Crippen LogP contribution in [0.2, 0.25) is 15.1 Å². The highest BCUT2D eigenvalue weighted by Crippen LogP contribution is 2.30. The number of hydrogen-bond acceptors (Lipinski definition) is 5. The first kappa shape index (κ1) is 27.8. The summed E-state index contributed by atoms with van der Waals surface area (Å²) in [5, 5.41) is 27.1. The van der Waals surface area contributed by atoms with Crippen LogP contribution < -0.4 is 11.0 Å². The van der Waals surface area contributed by atoms with Crippen LogP contribution in [0.15, 0.2) is 47.3 Å². The lowest BCUT2D eigenvalue weighted by Crippen LogP contribution is -2.39. The predicted octanol–water partition coefficient (Wildman–Crippen LogP) is 3.91. The normalized spacial score (nSPS) is 13.5. The number of carbonyl (C=O) groups is 1. The van der Waals surface area contributed by atoms with Crippen LogP contribution in [0.1, 0.15) is 11.6 Å². The molecule has 0 fully saturated rings. The second-order valence-electron chi connectivity index (χ2n) is 7.38. The summed E-state index contributed by atoms with van der Waals surface area (Å²) in [6.45, 7) is -1.88. The van der Waals surface area contributed by atoms with Crippen molar-refractivity contribution >= 4 is 63.3 Å². The maximum Gasteiger partial charge on any atom is 0.346 e. The van der Waals surface area contributed by atoms with Gasteiger partial charge in [0.05, 0.1) is 29.2 Å². The summed E-state index contributed by atoms with van der Waals surface area (Å²) in [4.78, 5) is 25.7. The number of nitrogens with one attached hydrogen (secondary N) is 1. The van der Waals surface area contributed by atoms with Crippen LogP contribution in [0, 0.1) is 0 Å². The molecule has 8 nitrogen and oxygen atoms in total. The summed E-state index contributed by atoms with van der Waals surface area (Å²) < 4.78 is 25.3. The van der Waals surface area contributed by atoms with Gasteiger partial charge in [-0.2, -0.15) is 8.78 Å². The molecule has 0 aliphatic rings. The first-order valence-electron chi connectivity index (χ1n) is 9.94. The molecule has 1 unspecified atom stereocenters. The Morgan fingerprint density at radius 1 is 1.17 bits per heavy atom. The molecule has 1 aromatic heterocycles. The van der Waals surface area contributed by atoms with Crippen molar-refractivity contribution in [3.8, 4) is 11.4 Å². The average Bonchev–Trinajstić information content (AvgIpc) is 3.09. The summed E-state index contributed by atoms with van der Waals surface area (Å²) in [7, 11) is 0. The molecule has 3 rings (SSSR count). The fourth-order valence-corrected chi connectivity index (χ4v) is 3.95. The molecule has 3 aromatic rings. The number of benzene rings is 2. The zero-order chi connectivity index (χ0) is 25.9. The van der Waals surface area contributed by atoms with Gasteiger partial charge in [0.15, 0.2) is 5.82 Å². The second kappa shape index (κ2) is 11.5. The lowest BCUT2D eigenvalue weighted by molar-refractivity contribution is -0.123. The molecule has 0 saturated carbocycles. The maximum atomic E-state index is 13.6. The van der Waals surface area contributed by atoms with E-state index in [9.17, 15) is 28.6 Å². The molecule has 0 radical (unpaired) electrons. The number of hydrogen-bond donors (Lipinski definition) is 3. The van der Waals surface area contributed by atoms with E-state index in [1.54, 1.807) is 18.2 Å².